The largest absolute Gasteiger partial charge is 0.452 e. The summed E-state index contributed by atoms with van der Waals surface area (Å²) in [4.78, 5) is 30.7. The Morgan fingerprint density at radius 2 is 1.97 bits per heavy atom. The van der Waals surface area contributed by atoms with E-state index in [2.05, 4.69) is 26.1 Å². The number of amides is 1. The van der Waals surface area contributed by atoms with E-state index in [1.807, 2.05) is 24.3 Å². The molecule has 0 radical (unpaired) electrons. The molecule has 0 spiro atoms. The number of aryl methyl sites for hydroxylation is 2. The first kappa shape index (κ1) is 23.9. The van der Waals surface area contributed by atoms with Crippen LogP contribution < -0.4 is 5.32 Å². The molecule has 0 bridgehead atoms. The maximum absolute atomic E-state index is 13.5. The fraction of sp³-hybridized carbons (Fsp3) is 0.393. The van der Waals surface area contributed by atoms with Crippen molar-refractivity contribution in [3.8, 4) is 0 Å². The molecule has 3 aromatic rings. The number of anilines is 1. The lowest BCUT2D eigenvalue weighted by Crippen LogP contribution is -2.31. The van der Waals surface area contributed by atoms with Crippen molar-refractivity contribution in [3.05, 3.63) is 70.7 Å². The molecular formula is C28H31FN2O3. The SMILES string of the molecule is CCC(C)(C)C1CCc2nc3ccccc3c(C(=O)OCC(=O)Nc3cc(F)ccc3C)c2C1. The van der Waals surface area contributed by atoms with Crippen LogP contribution in [-0.4, -0.2) is 23.5 Å². The van der Waals surface area contributed by atoms with E-state index in [1.54, 1.807) is 13.0 Å². The molecule has 0 saturated carbocycles. The van der Waals surface area contributed by atoms with Crippen molar-refractivity contribution in [3.63, 3.8) is 0 Å². The molecule has 2 aromatic carbocycles. The second-order valence-corrected chi connectivity index (χ2v) is 9.79. The van der Waals surface area contributed by atoms with Gasteiger partial charge in [-0.25, -0.2) is 9.18 Å². The van der Waals surface area contributed by atoms with Gasteiger partial charge in [0.2, 0.25) is 0 Å². The van der Waals surface area contributed by atoms with Gasteiger partial charge in [-0.05, 0) is 66.8 Å². The van der Waals surface area contributed by atoms with Crippen LogP contribution in [0.15, 0.2) is 42.5 Å². The highest BCUT2D eigenvalue weighted by atomic mass is 19.1. The second kappa shape index (κ2) is 9.53. The number of hydrogen-bond donors (Lipinski definition) is 1. The molecule has 178 valence electrons. The number of benzene rings is 2. The van der Waals surface area contributed by atoms with Crippen molar-refractivity contribution in [2.45, 2.75) is 53.4 Å². The van der Waals surface area contributed by atoms with Crippen LogP contribution >= 0.6 is 0 Å². The highest BCUT2D eigenvalue weighted by Gasteiger charge is 2.34. The van der Waals surface area contributed by atoms with E-state index in [0.717, 1.165) is 53.4 Å². The van der Waals surface area contributed by atoms with Crippen LogP contribution in [0.25, 0.3) is 10.9 Å². The Kier molecular flexibility index (Phi) is 6.69. The number of ether oxygens (including phenoxy) is 1. The molecule has 0 fully saturated rings. The van der Waals surface area contributed by atoms with Crippen LogP contribution in [0.5, 0.6) is 0 Å². The first-order valence-corrected chi connectivity index (χ1v) is 11.8. The average Bonchev–Trinajstić information content (AvgIpc) is 2.82. The number of pyridine rings is 1. The molecule has 1 aliphatic rings. The van der Waals surface area contributed by atoms with Crippen molar-refractivity contribution in [2.75, 3.05) is 11.9 Å². The van der Waals surface area contributed by atoms with E-state index in [-0.39, 0.29) is 5.41 Å². The molecule has 4 rings (SSSR count). The van der Waals surface area contributed by atoms with E-state index >= 15 is 0 Å². The summed E-state index contributed by atoms with van der Waals surface area (Å²) < 4.78 is 19.0. The lowest BCUT2D eigenvalue weighted by molar-refractivity contribution is -0.119. The highest BCUT2D eigenvalue weighted by molar-refractivity contribution is 6.06. The van der Waals surface area contributed by atoms with Crippen molar-refractivity contribution < 1.29 is 18.7 Å². The molecule has 1 unspecified atom stereocenters. The number of fused-ring (bicyclic) bond motifs is 2. The van der Waals surface area contributed by atoms with Crippen molar-refractivity contribution >= 4 is 28.5 Å². The summed E-state index contributed by atoms with van der Waals surface area (Å²) in [6, 6.07) is 11.7. The van der Waals surface area contributed by atoms with E-state index in [4.69, 9.17) is 9.72 Å². The van der Waals surface area contributed by atoms with Gasteiger partial charge >= 0.3 is 5.97 Å². The van der Waals surface area contributed by atoms with Crippen LogP contribution in [0.2, 0.25) is 0 Å². The van der Waals surface area contributed by atoms with Gasteiger partial charge in [-0.1, -0.05) is 51.5 Å². The summed E-state index contributed by atoms with van der Waals surface area (Å²) in [6.45, 7) is 8.05. The van der Waals surface area contributed by atoms with E-state index < -0.39 is 24.3 Å². The minimum absolute atomic E-state index is 0.146. The molecule has 5 nitrogen and oxygen atoms in total. The highest BCUT2D eigenvalue weighted by Crippen LogP contribution is 2.41. The molecule has 6 heteroatoms. The minimum atomic E-state index is -0.532. The topological polar surface area (TPSA) is 68.3 Å². The average molecular weight is 463 g/mol. The third-order valence-corrected chi connectivity index (χ3v) is 7.29. The third-order valence-electron chi connectivity index (χ3n) is 7.29. The zero-order valence-electron chi connectivity index (χ0n) is 20.2. The summed E-state index contributed by atoms with van der Waals surface area (Å²) in [7, 11) is 0. The Balaban J connectivity index is 1.60. The summed E-state index contributed by atoms with van der Waals surface area (Å²) in [5.74, 6) is -1.06. The first-order chi connectivity index (χ1) is 16.2. The number of carbonyl (C=O) groups is 2. The molecule has 34 heavy (non-hydrogen) atoms. The number of nitrogens with zero attached hydrogens (tertiary/aromatic N) is 1. The van der Waals surface area contributed by atoms with Gasteiger partial charge in [0, 0.05) is 16.8 Å². The van der Waals surface area contributed by atoms with E-state index in [1.165, 1.54) is 12.1 Å². The lowest BCUT2D eigenvalue weighted by atomic mass is 9.68. The van der Waals surface area contributed by atoms with E-state index in [9.17, 15) is 14.0 Å². The Hall–Kier alpha value is -3.28. The molecular weight excluding hydrogens is 431 g/mol. The molecule has 0 saturated heterocycles. The number of hydrogen-bond acceptors (Lipinski definition) is 4. The third kappa shape index (κ3) is 4.81. The van der Waals surface area contributed by atoms with Gasteiger partial charge in [-0.15, -0.1) is 0 Å². The smallest absolute Gasteiger partial charge is 0.339 e. The summed E-state index contributed by atoms with van der Waals surface area (Å²) in [6.07, 6.45) is 3.65. The van der Waals surface area contributed by atoms with Gasteiger partial charge in [0.1, 0.15) is 5.82 Å². The Labute approximate surface area is 199 Å². The molecule has 1 N–H and O–H groups in total. The zero-order valence-corrected chi connectivity index (χ0v) is 20.2. The van der Waals surface area contributed by atoms with Crippen LogP contribution in [0.4, 0.5) is 10.1 Å². The molecule has 1 heterocycles. The summed E-state index contributed by atoms with van der Waals surface area (Å²) >= 11 is 0. The Morgan fingerprint density at radius 1 is 1.21 bits per heavy atom. The molecule has 1 atom stereocenters. The van der Waals surface area contributed by atoms with Crippen LogP contribution in [0, 0.1) is 24.1 Å². The minimum Gasteiger partial charge on any atom is -0.452 e. The number of carbonyl (C=O) groups excluding carboxylic acids is 2. The van der Waals surface area contributed by atoms with Gasteiger partial charge in [0.15, 0.2) is 6.61 Å². The number of halogens is 1. The second-order valence-electron chi connectivity index (χ2n) is 9.79. The van der Waals surface area contributed by atoms with Gasteiger partial charge in [-0.3, -0.25) is 9.78 Å². The van der Waals surface area contributed by atoms with Crippen LogP contribution in [-0.2, 0) is 22.4 Å². The standard InChI is InChI=1S/C28H31FN2O3/c1-5-28(3,4)18-11-13-23-21(14-18)26(20-8-6-7-9-22(20)30-23)27(33)34-16-25(32)31-24-15-19(29)12-10-17(24)2/h6-10,12,15,18H,5,11,13-14,16H2,1-4H3,(H,31,32). The van der Waals surface area contributed by atoms with Gasteiger partial charge in [0.25, 0.3) is 5.91 Å². The fourth-order valence-corrected chi connectivity index (χ4v) is 4.70. The zero-order chi connectivity index (χ0) is 24.5. The number of esters is 1. The molecule has 1 aromatic heterocycles. The Bertz CT molecular complexity index is 1250. The normalized spacial score (nSPS) is 15.6. The quantitative estimate of drug-likeness (QED) is 0.455. The number of nitrogens with one attached hydrogen (secondary N) is 1. The molecule has 0 aliphatic heterocycles. The maximum atomic E-state index is 13.5. The van der Waals surface area contributed by atoms with Crippen molar-refractivity contribution in [1.82, 2.24) is 4.98 Å². The molecule has 1 amide bonds. The number of para-hydroxylation sites is 1. The first-order valence-electron chi connectivity index (χ1n) is 11.8. The Morgan fingerprint density at radius 3 is 2.74 bits per heavy atom. The van der Waals surface area contributed by atoms with Gasteiger partial charge in [-0.2, -0.15) is 0 Å². The molecule has 1 aliphatic carbocycles. The van der Waals surface area contributed by atoms with Gasteiger partial charge in [0.05, 0.1) is 11.1 Å². The lowest BCUT2D eigenvalue weighted by Gasteiger charge is -2.37. The summed E-state index contributed by atoms with van der Waals surface area (Å²) in [5, 5.41) is 3.36. The van der Waals surface area contributed by atoms with E-state index in [0.29, 0.717) is 17.2 Å². The number of rotatable bonds is 6. The predicted octanol–water partition coefficient (Wildman–Crippen LogP) is 6.02. The fourth-order valence-electron chi connectivity index (χ4n) is 4.70. The van der Waals surface area contributed by atoms with Crippen molar-refractivity contribution in [1.29, 1.82) is 0 Å². The van der Waals surface area contributed by atoms with Gasteiger partial charge < -0.3 is 10.1 Å². The predicted molar refractivity (Wildman–Crippen MR) is 131 cm³/mol. The summed E-state index contributed by atoms with van der Waals surface area (Å²) in [5.41, 5.74) is 4.36. The number of aromatic nitrogens is 1. The van der Waals surface area contributed by atoms with Crippen LogP contribution in [0.3, 0.4) is 0 Å². The van der Waals surface area contributed by atoms with Crippen molar-refractivity contribution in [2.24, 2.45) is 11.3 Å². The maximum Gasteiger partial charge on any atom is 0.339 e. The monoisotopic (exact) mass is 462 g/mol. The van der Waals surface area contributed by atoms with Crippen LogP contribution in [0.1, 0.15) is 60.8 Å².